The first-order valence-corrected chi connectivity index (χ1v) is 7.35. The molecule has 2 aromatic rings. The molecule has 98 valence electrons. The number of benzene rings is 1. The fourth-order valence-corrected chi connectivity index (χ4v) is 3.05. The number of hydrogen-bond donors (Lipinski definition) is 0. The molecule has 1 heterocycles. The molecule has 0 bridgehead atoms. The van der Waals surface area contributed by atoms with E-state index in [9.17, 15) is 0 Å². The van der Waals surface area contributed by atoms with Crippen LogP contribution < -0.4 is 0 Å². The SMILES string of the molecule is CCc1cc2c(c(-c3cc(C)ccn3)c1)CCCC2. The Morgan fingerprint density at radius 2 is 1.95 bits per heavy atom. The maximum Gasteiger partial charge on any atom is 0.0707 e. The minimum absolute atomic E-state index is 1.10. The molecule has 1 aromatic carbocycles. The maximum atomic E-state index is 4.59. The molecular formula is C18H21N. The van der Waals surface area contributed by atoms with E-state index in [-0.39, 0.29) is 0 Å². The van der Waals surface area contributed by atoms with Crippen LogP contribution in [0.2, 0.25) is 0 Å². The Kier molecular flexibility index (Phi) is 3.37. The molecule has 0 radical (unpaired) electrons. The van der Waals surface area contributed by atoms with Gasteiger partial charge in [0.1, 0.15) is 0 Å². The van der Waals surface area contributed by atoms with Crippen LogP contribution in [0.1, 0.15) is 42.0 Å². The monoisotopic (exact) mass is 251 g/mol. The molecule has 1 aliphatic rings. The minimum atomic E-state index is 1.10. The van der Waals surface area contributed by atoms with Gasteiger partial charge < -0.3 is 0 Å². The number of pyridine rings is 1. The molecule has 0 aliphatic heterocycles. The molecular weight excluding hydrogens is 230 g/mol. The highest BCUT2D eigenvalue weighted by atomic mass is 14.7. The van der Waals surface area contributed by atoms with Gasteiger partial charge in [0.2, 0.25) is 0 Å². The predicted molar refractivity (Wildman–Crippen MR) is 80.4 cm³/mol. The molecule has 0 unspecified atom stereocenters. The van der Waals surface area contributed by atoms with Crippen molar-refractivity contribution in [2.75, 3.05) is 0 Å². The molecule has 3 rings (SSSR count). The largest absolute Gasteiger partial charge is 0.256 e. The van der Waals surface area contributed by atoms with Crippen LogP contribution >= 0.6 is 0 Å². The highest BCUT2D eigenvalue weighted by molar-refractivity contribution is 5.67. The lowest BCUT2D eigenvalue weighted by Gasteiger charge is -2.21. The van der Waals surface area contributed by atoms with Crippen molar-refractivity contribution >= 4 is 0 Å². The van der Waals surface area contributed by atoms with Gasteiger partial charge in [0, 0.05) is 11.8 Å². The van der Waals surface area contributed by atoms with Gasteiger partial charge in [-0.15, -0.1) is 0 Å². The van der Waals surface area contributed by atoms with Crippen molar-refractivity contribution in [1.82, 2.24) is 4.98 Å². The second-order valence-corrected chi connectivity index (χ2v) is 5.56. The molecule has 0 fully saturated rings. The van der Waals surface area contributed by atoms with Gasteiger partial charge in [-0.25, -0.2) is 0 Å². The van der Waals surface area contributed by atoms with E-state index in [1.807, 2.05) is 6.20 Å². The molecule has 1 aromatic heterocycles. The molecule has 0 atom stereocenters. The fourth-order valence-electron chi connectivity index (χ4n) is 3.05. The summed E-state index contributed by atoms with van der Waals surface area (Å²) in [6.45, 7) is 4.37. The lowest BCUT2D eigenvalue weighted by molar-refractivity contribution is 0.685. The lowest BCUT2D eigenvalue weighted by Crippen LogP contribution is -2.06. The molecule has 0 spiro atoms. The zero-order valence-corrected chi connectivity index (χ0v) is 11.9. The van der Waals surface area contributed by atoms with E-state index in [1.165, 1.54) is 42.4 Å². The average Bonchev–Trinajstić information content (AvgIpc) is 2.46. The van der Waals surface area contributed by atoms with E-state index in [0.717, 1.165) is 12.1 Å². The molecule has 1 aliphatic carbocycles. The predicted octanol–water partition coefficient (Wildman–Crippen LogP) is 4.50. The minimum Gasteiger partial charge on any atom is -0.256 e. The van der Waals surface area contributed by atoms with Gasteiger partial charge in [-0.2, -0.15) is 0 Å². The Morgan fingerprint density at radius 3 is 2.74 bits per heavy atom. The first-order chi connectivity index (χ1) is 9.28. The average molecular weight is 251 g/mol. The van der Waals surface area contributed by atoms with Crippen LogP contribution in [0.15, 0.2) is 30.5 Å². The Morgan fingerprint density at radius 1 is 1.11 bits per heavy atom. The van der Waals surface area contributed by atoms with Gasteiger partial charge in [0.05, 0.1) is 5.69 Å². The fraction of sp³-hybridized carbons (Fsp3) is 0.389. The van der Waals surface area contributed by atoms with Crippen molar-refractivity contribution in [2.45, 2.75) is 46.0 Å². The van der Waals surface area contributed by atoms with E-state index in [2.05, 4.69) is 43.1 Å². The summed E-state index contributed by atoms with van der Waals surface area (Å²) < 4.78 is 0. The summed E-state index contributed by atoms with van der Waals surface area (Å²) in [5.74, 6) is 0. The summed E-state index contributed by atoms with van der Waals surface area (Å²) in [7, 11) is 0. The summed E-state index contributed by atoms with van der Waals surface area (Å²) in [5.41, 5.74) is 8.35. The smallest absolute Gasteiger partial charge is 0.0707 e. The highest BCUT2D eigenvalue weighted by Gasteiger charge is 2.16. The summed E-state index contributed by atoms with van der Waals surface area (Å²) in [6, 6.07) is 9.04. The van der Waals surface area contributed by atoms with Gasteiger partial charge in [-0.3, -0.25) is 4.98 Å². The van der Waals surface area contributed by atoms with Crippen molar-refractivity contribution in [2.24, 2.45) is 0 Å². The number of aryl methyl sites for hydroxylation is 3. The summed E-state index contributed by atoms with van der Waals surface area (Å²) in [4.78, 5) is 4.59. The van der Waals surface area contributed by atoms with Crippen molar-refractivity contribution in [3.63, 3.8) is 0 Å². The summed E-state index contributed by atoms with van der Waals surface area (Å²) >= 11 is 0. The van der Waals surface area contributed by atoms with E-state index in [0.29, 0.717) is 0 Å². The normalized spacial score (nSPS) is 14.2. The molecule has 1 nitrogen and oxygen atoms in total. The third kappa shape index (κ3) is 2.42. The summed E-state index contributed by atoms with van der Waals surface area (Å²) in [5, 5.41) is 0. The molecule has 0 N–H and O–H groups in total. The van der Waals surface area contributed by atoms with E-state index in [4.69, 9.17) is 0 Å². The first-order valence-electron chi connectivity index (χ1n) is 7.35. The third-order valence-electron chi connectivity index (χ3n) is 4.12. The second kappa shape index (κ2) is 5.16. The molecule has 19 heavy (non-hydrogen) atoms. The maximum absolute atomic E-state index is 4.59. The number of hydrogen-bond acceptors (Lipinski definition) is 1. The van der Waals surface area contributed by atoms with Gasteiger partial charge in [-0.05, 0) is 79.5 Å². The Balaban J connectivity index is 2.18. The van der Waals surface area contributed by atoms with Crippen molar-refractivity contribution < 1.29 is 0 Å². The summed E-state index contributed by atoms with van der Waals surface area (Å²) in [6.07, 6.45) is 8.13. The van der Waals surface area contributed by atoms with E-state index < -0.39 is 0 Å². The lowest BCUT2D eigenvalue weighted by atomic mass is 9.85. The van der Waals surface area contributed by atoms with Crippen LogP contribution in [0.4, 0.5) is 0 Å². The number of rotatable bonds is 2. The van der Waals surface area contributed by atoms with Crippen molar-refractivity contribution in [1.29, 1.82) is 0 Å². The van der Waals surface area contributed by atoms with E-state index in [1.54, 1.807) is 11.1 Å². The molecule has 0 saturated heterocycles. The molecule has 0 amide bonds. The van der Waals surface area contributed by atoms with Gasteiger partial charge in [-0.1, -0.05) is 13.0 Å². The zero-order valence-electron chi connectivity index (χ0n) is 11.9. The number of fused-ring (bicyclic) bond motifs is 1. The topological polar surface area (TPSA) is 12.9 Å². The van der Waals surface area contributed by atoms with Crippen LogP contribution in [0.25, 0.3) is 11.3 Å². The number of aromatic nitrogens is 1. The van der Waals surface area contributed by atoms with Crippen LogP contribution in [-0.2, 0) is 19.3 Å². The van der Waals surface area contributed by atoms with Crippen LogP contribution in [0, 0.1) is 6.92 Å². The Hall–Kier alpha value is -1.63. The van der Waals surface area contributed by atoms with Gasteiger partial charge >= 0.3 is 0 Å². The quantitative estimate of drug-likeness (QED) is 0.766. The van der Waals surface area contributed by atoms with Crippen LogP contribution in [-0.4, -0.2) is 4.98 Å². The number of nitrogens with zero attached hydrogens (tertiary/aromatic N) is 1. The van der Waals surface area contributed by atoms with Crippen LogP contribution in [0.3, 0.4) is 0 Å². The Bertz CT molecular complexity index is 599. The van der Waals surface area contributed by atoms with Crippen molar-refractivity contribution in [3.05, 3.63) is 52.7 Å². The molecule has 1 heteroatoms. The highest BCUT2D eigenvalue weighted by Crippen LogP contribution is 2.32. The second-order valence-electron chi connectivity index (χ2n) is 5.56. The van der Waals surface area contributed by atoms with E-state index >= 15 is 0 Å². The van der Waals surface area contributed by atoms with Gasteiger partial charge in [0.15, 0.2) is 0 Å². The third-order valence-corrected chi connectivity index (χ3v) is 4.12. The Labute approximate surface area is 115 Å². The van der Waals surface area contributed by atoms with Crippen molar-refractivity contribution in [3.8, 4) is 11.3 Å². The van der Waals surface area contributed by atoms with Gasteiger partial charge in [0.25, 0.3) is 0 Å². The first kappa shape index (κ1) is 12.4. The standard InChI is InChI=1S/C18H21N/c1-3-14-11-15-6-4-5-7-16(15)17(12-14)18-10-13(2)8-9-19-18/h8-12H,3-7H2,1-2H3. The molecule has 0 saturated carbocycles. The zero-order chi connectivity index (χ0) is 13.2. The van der Waals surface area contributed by atoms with Crippen LogP contribution in [0.5, 0.6) is 0 Å².